The van der Waals surface area contributed by atoms with E-state index in [9.17, 15) is 4.79 Å². The topological polar surface area (TPSA) is 72.0 Å². The summed E-state index contributed by atoms with van der Waals surface area (Å²) in [5, 5.41) is 6.59. The lowest BCUT2D eigenvalue weighted by atomic mass is 10.3. The Bertz CT molecular complexity index is 446. The zero-order valence-corrected chi connectivity index (χ0v) is 9.40. The van der Waals surface area contributed by atoms with E-state index in [1.165, 1.54) is 6.21 Å². The van der Waals surface area contributed by atoms with Crippen molar-refractivity contribution >= 4 is 17.8 Å². The number of carbonyl (C=O) groups excluding carboxylic acids is 1. The van der Waals surface area contributed by atoms with Crippen LogP contribution in [0.1, 0.15) is 6.92 Å². The summed E-state index contributed by atoms with van der Waals surface area (Å²) in [5.41, 5.74) is 3.16. The molecule has 0 spiro atoms. The van der Waals surface area contributed by atoms with Gasteiger partial charge in [0.15, 0.2) is 11.5 Å². The van der Waals surface area contributed by atoms with Crippen molar-refractivity contribution in [2.75, 3.05) is 18.7 Å². The monoisotopic (exact) mass is 235 g/mol. The Kier molecular flexibility index (Phi) is 3.44. The molecule has 2 rings (SSSR count). The molecule has 6 heteroatoms. The number of amides is 1. The van der Waals surface area contributed by atoms with Gasteiger partial charge in [-0.3, -0.25) is 4.79 Å². The standard InChI is InChI=1S/C11H13N3O3/c1-2-13-14-11(15)6-12-8-3-4-9-10(5-8)17-7-16-9/h2-5,12H,6-7H2,1H3,(H,14,15)/b13-2+. The number of hydrogen-bond donors (Lipinski definition) is 2. The number of hydrogen-bond acceptors (Lipinski definition) is 5. The van der Waals surface area contributed by atoms with Crippen molar-refractivity contribution in [3.05, 3.63) is 18.2 Å². The number of carbonyl (C=O) groups is 1. The second-order valence-electron chi connectivity index (χ2n) is 3.34. The maximum atomic E-state index is 11.3. The van der Waals surface area contributed by atoms with E-state index < -0.39 is 0 Å². The fourth-order valence-electron chi connectivity index (χ4n) is 1.36. The molecule has 0 atom stereocenters. The first kappa shape index (κ1) is 11.3. The van der Waals surface area contributed by atoms with Crippen molar-refractivity contribution in [3.63, 3.8) is 0 Å². The van der Waals surface area contributed by atoms with Gasteiger partial charge in [0.2, 0.25) is 6.79 Å². The fraction of sp³-hybridized carbons (Fsp3) is 0.273. The quantitative estimate of drug-likeness (QED) is 0.602. The van der Waals surface area contributed by atoms with E-state index in [1.807, 2.05) is 6.07 Å². The molecule has 1 aromatic carbocycles. The molecule has 1 amide bonds. The lowest BCUT2D eigenvalue weighted by Crippen LogP contribution is -2.25. The minimum Gasteiger partial charge on any atom is -0.454 e. The minimum atomic E-state index is -0.208. The van der Waals surface area contributed by atoms with Crippen molar-refractivity contribution in [2.24, 2.45) is 5.10 Å². The van der Waals surface area contributed by atoms with Crippen LogP contribution in [0.4, 0.5) is 5.69 Å². The number of fused-ring (bicyclic) bond motifs is 1. The summed E-state index contributed by atoms with van der Waals surface area (Å²) in [6.07, 6.45) is 1.51. The molecule has 90 valence electrons. The van der Waals surface area contributed by atoms with E-state index in [1.54, 1.807) is 19.1 Å². The van der Waals surface area contributed by atoms with Gasteiger partial charge in [-0.25, -0.2) is 5.43 Å². The summed E-state index contributed by atoms with van der Waals surface area (Å²) >= 11 is 0. The summed E-state index contributed by atoms with van der Waals surface area (Å²) in [6.45, 7) is 2.12. The number of hydrazone groups is 1. The van der Waals surface area contributed by atoms with Crippen LogP contribution < -0.4 is 20.2 Å². The van der Waals surface area contributed by atoms with Gasteiger partial charge in [0.1, 0.15) is 0 Å². The average molecular weight is 235 g/mol. The minimum absolute atomic E-state index is 0.150. The van der Waals surface area contributed by atoms with Crippen LogP contribution >= 0.6 is 0 Å². The summed E-state index contributed by atoms with van der Waals surface area (Å²) < 4.78 is 10.4. The van der Waals surface area contributed by atoms with Crippen LogP contribution in [-0.4, -0.2) is 25.5 Å². The molecule has 2 N–H and O–H groups in total. The number of ether oxygens (including phenoxy) is 2. The van der Waals surface area contributed by atoms with E-state index in [0.717, 1.165) is 11.4 Å². The van der Waals surface area contributed by atoms with Gasteiger partial charge in [0, 0.05) is 18.0 Å². The van der Waals surface area contributed by atoms with Crippen molar-refractivity contribution in [1.29, 1.82) is 0 Å². The molecule has 1 heterocycles. The molecular formula is C11H13N3O3. The number of rotatable bonds is 4. The first-order valence-electron chi connectivity index (χ1n) is 5.19. The second-order valence-corrected chi connectivity index (χ2v) is 3.34. The normalized spacial score (nSPS) is 12.8. The molecule has 6 nitrogen and oxygen atoms in total. The second kappa shape index (κ2) is 5.20. The van der Waals surface area contributed by atoms with Gasteiger partial charge in [-0.15, -0.1) is 0 Å². The molecule has 0 saturated heterocycles. The fourth-order valence-corrected chi connectivity index (χ4v) is 1.36. The lowest BCUT2D eigenvalue weighted by molar-refractivity contribution is -0.119. The van der Waals surface area contributed by atoms with Gasteiger partial charge in [-0.2, -0.15) is 5.10 Å². The average Bonchev–Trinajstić information content (AvgIpc) is 2.81. The maximum Gasteiger partial charge on any atom is 0.259 e. The van der Waals surface area contributed by atoms with Gasteiger partial charge in [-0.1, -0.05) is 0 Å². The third kappa shape index (κ3) is 2.87. The molecule has 1 aromatic rings. The Morgan fingerprint density at radius 2 is 2.29 bits per heavy atom. The van der Waals surface area contributed by atoms with Crippen molar-refractivity contribution in [3.8, 4) is 11.5 Å². The van der Waals surface area contributed by atoms with E-state index in [4.69, 9.17) is 9.47 Å². The molecule has 0 fully saturated rings. The number of nitrogens with zero attached hydrogens (tertiary/aromatic N) is 1. The number of benzene rings is 1. The Balaban J connectivity index is 1.89. The first-order chi connectivity index (χ1) is 8.29. The SMILES string of the molecule is C/C=N/NC(=O)CNc1ccc2c(c1)OCO2. The highest BCUT2D eigenvalue weighted by molar-refractivity contribution is 5.81. The number of anilines is 1. The van der Waals surface area contributed by atoms with Crippen LogP contribution in [0.5, 0.6) is 11.5 Å². The van der Waals surface area contributed by atoms with Gasteiger partial charge >= 0.3 is 0 Å². The largest absolute Gasteiger partial charge is 0.454 e. The Morgan fingerprint density at radius 1 is 1.47 bits per heavy atom. The zero-order chi connectivity index (χ0) is 12.1. The third-order valence-electron chi connectivity index (χ3n) is 2.14. The molecule has 0 aliphatic carbocycles. The van der Waals surface area contributed by atoms with Crippen LogP contribution in [0.15, 0.2) is 23.3 Å². The highest BCUT2D eigenvalue weighted by atomic mass is 16.7. The Hall–Kier alpha value is -2.24. The van der Waals surface area contributed by atoms with Gasteiger partial charge < -0.3 is 14.8 Å². The van der Waals surface area contributed by atoms with Crippen LogP contribution in [0.25, 0.3) is 0 Å². The molecule has 0 aromatic heterocycles. The van der Waals surface area contributed by atoms with Crippen molar-refractivity contribution < 1.29 is 14.3 Å². The van der Waals surface area contributed by atoms with Crippen molar-refractivity contribution in [1.82, 2.24) is 5.43 Å². The van der Waals surface area contributed by atoms with E-state index in [-0.39, 0.29) is 19.2 Å². The van der Waals surface area contributed by atoms with Crippen LogP contribution in [0.2, 0.25) is 0 Å². The Labute approximate surface area is 98.6 Å². The molecule has 1 aliphatic rings. The summed E-state index contributed by atoms with van der Waals surface area (Å²) in [5.74, 6) is 1.19. The summed E-state index contributed by atoms with van der Waals surface area (Å²) in [6, 6.07) is 5.41. The highest BCUT2D eigenvalue weighted by Crippen LogP contribution is 2.33. The van der Waals surface area contributed by atoms with Crippen LogP contribution in [0.3, 0.4) is 0 Å². The van der Waals surface area contributed by atoms with E-state index in [0.29, 0.717) is 5.75 Å². The van der Waals surface area contributed by atoms with Crippen LogP contribution in [0, 0.1) is 0 Å². The molecule has 0 saturated carbocycles. The molecule has 0 unspecified atom stereocenters. The predicted octanol–water partition coefficient (Wildman–Crippen LogP) is 0.949. The third-order valence-corrected chi connectivity index (χ3v) is 2.14. The van der Waals surface area contributed by atoms with E-state index in [2.05, 4.69) is 15.8 Å². The molecule has 1 aliphatic heterocycles. The van der Waals surface area contributed by atoms with E-state index >= 15 is 0 Å². The molecular weight excluding hydrogens is 222 g/mol. The predicted molar refractivity (Wildman–Crippen MR) is 63.4 cm³/mol. The molecule has 0 radical (unpaired) electrons. The van der Waals surface area contributed by atoms with Gasteiger partial charge in [-0.05, 0) is 19.1 Å². The van der Waals surface area contributed by atoms with Crippen LogP contribution in [-0.2, 0) is 4.79 Å². The zero-order valence-electron chi connectivity index (χ0n) is 9.40. The first-order valence-corrected chi connectivity index (χ1v) is 5.19. The summed E-state index contributed by atoms with van der Waals surface area (Å²) in [4.78, 5) is 11.3. The molecule has 0 bridgehead atoms. The Morgan fingerprint density at radius 3 is 3.12 bits per heavy atom. The lowest BCUT2D eigenvalue weighted by Gasteiger charge is -2.05. The van der Waals surface area contributed by atoms with Crippen molar-refractivity contribution in [2.45, 2.75) is 6.92 Å². The number of nitrogens with one attached hydrogen (secondary N) is 2. The highest BCUT2D eigenvalue weighted by Gasteiger charge is 2.13. The molecule has 17 heavy (non-hydrogen) atoms. The van der Waals surface area contributed by atoms with Gasteiger partial charge in [0.25, 0.3) is 5.91 Å². The maximum absolute atomic E-state index is 11.3. The van der Waals surface area contributed by atoms with Gasteiger partial charge in [0.05, 0.1) is 6.54 Å². The summed E-state index contributed by atoms with van der Waals surface area (Å²) in [7, 11) is 0. The smallest absolute Gasteiger partial charge is 0.259 e.